The number of hydrogen-bond acceptors (Lipinski definition) is 5. The van der Waals surface area contributed by atoms with E-state index >= 15 is 0 Å². The van der Waals surface area contributed by atoms with E-state index in [1.54, 1.807) is 0 Å². The normalized spacial score (nSPS) is 7.33. The molecule has 0 aromatic rings. The van der Waals surface area contributed by atoms with Crippen LogP contribution in [-0.4, -0.2) is 36.6 Å². The van der Waals surface area contributed by atoms with Crippen molar-refractivity contribution in [2.24, 2.45) is 0 Å². The summed E-state index contributed by atoms with van der Waals surface area (Å²) in [6.45, 7) is 0.696. The standard InChI is InChI=1S/C4H10O3.2H3N/c5-1-3-7-4-2-6;;/h5-6H,1-4H2;2*1H3. The zero-order chi connectivity index (χ0) is 5.54. The molecule has 0 amide bonds. The summed E-state index contributed by atoms with van der Waals surface area (Å²) in [5.74, 6) is 0. The van der Waals surface area contributed by atoms with Crippen LogP contribution in [0, 0.1) is 0 Å². The minimum absolute atomic E-state index is 0. The maximum Gasteiger partial charge on any atom is 0.0698 e. The van der Waals surface area contributed by atoms with Crippen LogP contribution < -0.4 is 12.3 Å². The van der Waals surface area contributed by atoms with Crippen molar-refractivity contribution in [3.05, 3.63) is 0 Å². The van der Waals surface area contributed by atoms with Crippen molar-refractivity contribution >= 4 is 0 Å². The zero-order valence-corrected chi connectivity index (χ0v) is 5.55. The first-order valence-electron chi connectivity index (χ1n) is 2.21. The average molecular weight is 140 g/mol. The van der Waals surface area contributed by atoms with Gasteiger partial charge in [0.15, 0.2) is 0 Å². The SMILES string of the molecule is N.N.OCCOCCO. The second-order valence-corrected chi connectivity index (χ2v) is 1.06. The van der Waals surface area contributed by atoms with Crippen LogP contribution in [0.1, 0.15) is 0 Å². The molecule has 0 aliphatic heterocycles. The second kappa shape index (κ2) is 15.7. The van der Waals surface area contributed by atoms with Gasteiger partial charge in [0.25, 0.3) is 0 Å². The van der Waals surface area contributed by atoms with Gasteiger partial charge in [-0.2, -0.15) is 0 Å². The molecule has 0 aliphatic carbocycles. The highest BCUT2D eigenvalue weighted by molar-refractivity contribution is 4.24. The number of rotatable bonds is 4. The fraction of sp³-hybridized carbons (Fsp3) is 1.00. The molecule has 5 heteroatoms. The molecule has 0 aromatic carbocycles. The predicted octanol–water partition coefficient (Wildman–Crippen LogP) is -0.688. The Bertz CT molecular complexity index is 33.0. The maximum absolute atomic E-state index is 8.09. The summed E-state index contributed by atoms with van der Waals surface area (Å²) in [4.78, 5) is 0. The highest BCUT2D eigenvalue weighted by Gasteiger charge is 1.79. The Labute approximate surface area is 54.8 Å². The van der Waals surface area contributed by atoms with E-state index in [0.717, 1.165) is 0 Å². The third-order valence-electron chi connectivity index (χ3n) is 0.471. The van der Waals surface area contributed by atoms with Crippen LogP contribution in [0.2, 0.25) is 0 Å². The van der Waals surface area contributed by atoms with E-state index < -0.39 is 0 Å². The smallest absolute Gasteiger partial charge is 0.0698 e. The molecule has 0 unspecified atom stereocenters. The van der Waals surface area contributed by atoms with Gasteiger partial charge < -0.3 is 27.3 Å². The van der Waals surface area contributed by atoms with Crippen molar-refractivity contribution in [3.63, 3.8) is 0 Å². The molecule has 0 fully saturated rings. The van der Waals surface area contributed by atoms with Gasteiger partial charge in [-0.1, -0.05) is 0 Å². The van der Waals surface area contributed by atoms with Crippen molar-refractivity contribution in [2.75, 3.05) is 26.4 Å². The van der Waals surface area contributed by atoms with Crippen LogP contribution in [0.3, 0.4) is 0 Å². The van der Waals surface area contributed by atoms with Crippen molar-refractivity contribution in [3.8, 4) is 0 Å². The van der Waals surface area contributed by atoms with Crippen LogP contribution >= 0.6 is 0 Å². The Morgan fingerprint density at radius 3 is 1.44 bits per heavy atom. The topological polar surface area (TPSA) is 120 Å². The summed E-state index contributed by atoms with van der Waals surface area (Å²) in [6.07, 6.45) is 0. The fourth-order valence-corrected chi connectivity index (χ4v) is 0.231. The average Bonchev–Trinajstić information content (AvgIpc) is 1.69. The molecule has 0 aliphatic rings. The van der Waals surface area contributed by atoms with Crippen LogP contribution in [0.4, 0.5) is 0 Å². The lowest BCUT2D eigenvalue weighted by Crippen LogP contribution is -2.03. The molecule has 0 saturated heterocycles. The predicted molar refractivity (Wildman–Crippen MR) is 35.0 cm³/mol. The minimum atomic E-state index is 0. The summed E-state index contributed by atoms with van der Waals surface area (Å²) >= 11 is 0. The first-order chi connectivity index (χ1) is 3.41. The zero-order valence-electron chi connectivity index (χ0n) is 5.55. The summed E-state index contributed by atoms with van der Waals surface area (Å²) in [7, 11) is 0. The Hall–Kier alpha value is -0.200. The minimum Gasteiger partial charge on any atom is -0.394 e. The lowest BCUT2D eigenvalue weighted by molar-refractivity contribution is 0.0650. The Balaban J connectivity index is -0.000000180. The highest BCUT2D eigenvalue weighted by atomic mass is 16.5. The molecular weight excluding hydrogens is 124 g/mol. The molecule has 0 rings (SSSR count). The summed E-state index contributed by atoms with van der Waals surface area (Å²) in [5.41, 5.74) is 0. The first-order valence-corrected chi connectivity index (χ1v) is 2.21. The molecule has 0 heterocycles. The number of ether oxygens (including phenoxy) is 1. The largest absolute Gasteiger partial charge is 0.394 e. The van der Waals surface area contributed by atoms with E-state index in [9.17, 15) is 0 Å². The second-order valence-electron chi connectivity index (χ2n) is 1.06. The molecule has 9 heavy (non-hydrogen) atoms. The molecule has 0 atom stereocenters. The quantitative estimate of drug-likeness (QED) is 0.385. The van der Waals surface area contributed by atoms with Gasteiger partial charge in [-0.25, -0.2) is 0 Å². The van der Waals surface area contributed by atoms with Gasteiger partial charge in [0.1, 0.15) is 0 Å². The molecule has 60 valence electrons. The summed E-state index contributed by atoms with van der Waals surface area (Å²) in [5, 5.41) is 16.2. The fourth-order valence-electron chi connectivity index (χ4n) is 0.231. The van der Waals surface area contributed by atoms with E-state index in [1.165, 1.54) is 0 Å². The van der Waals surface area contributed by atoms with Crippen LogP contribution in [0.25, 0.3) is 0 Å². The van der Waals surface area contributed by atoms with Crippen molar-refractivity contribution in [1.29, 1.82) is 0 Å². The van der Waals surface area contributed by atoms with E-state index in [2.05, 4.69) is 4.74 Å². The van der Waals surface area contributed by atoms with Gasteiger partial charge in [0, 0.05) is 0 Å². The van der Waals surface area contributed by atoms with Crippen molar-refractivity contribution in [1.82, 2.24) is 12.3 Å². The van der Waals surface area contributed by atoms with Gasteiger partial charge in [0.2, 0.25) is 0 Å². The Morgan fingerprint density at radius 2 is 1.22 bits per heavy atom. The van der Waals surface area contributed by atoms with Crippen LogP contribution in [0.15, 0.2) is 0 Å². The number of hydrogen-bond donors (Lipinski definition) is 4. The third-order valence-corrected chi connectivity index (χ3v) is 0.471. The lowest BCUT2D eigenvalue weighted by Gasteiger charge is -1.94. The molecule has 0 radical (unpaired) electrons. The van der Waals surface area contributed by atoms with Crippen LogP contribution in [-0.2, 0) is 4.74 Å². The monoisotopic (exact) mass is 140 g/mol. The lowest BCUT2D eigenvalue weighted by atomic mass is 10.7. The molecule has 0 bridgehead atoms. The van der Waals surface area contributed by atoms with Crippen molar-refractivity contribution < 1.29 is 14.9 Å². The van der Waals surface area contributed by atoms with Crippen LogP contribution in [0.5, 0.6) is 0 Å². The van der Waals surface area contributed by atoms with Gasteiger partial charge in [-0.05, 0) is 0 Å². The van der Waals surface area contributed by atoms with E-state index in [4.69, 9.17) is 10.2 Å². The van der Waals surface area contributed by atoms with Gasteiger partial charge >= 0.3 is 0 Å². The highest BCUT2D eigenvalue weighted by Crippen LogP contribution is 1.68. The van der Waals surface area contributed by atoms with Gasteiger partial charge in [-0.15, -0.1) is 0 Å². The van der Waals surface area contributed by atoms with Crippen molar-refractivity contribution in [2.45, 2.75) is 0 Å². The van der Waals surface area contributed by atoms with Gasteiger partial charge in [-0.3, -0.25) is 0 Å². The maximum atomic E-state index is 8.09. The number of aliphatic hydroxyl groups is 2. The summed E-state index contributed by atoms with van der Waals surface area (Å²) in [6, 6.07) is 0. The molecule has 0 saturated carbocycles. The van der Waals surface area contributed by atoms with E-state index in [-0.39, 0.29) is 25.5 Å². The molecule has 0 aromatic heterocycles. The molecule has 8 N–H and O–H groups in total. The molecule has 0 spiro atoms. The first kappa shape index (κ1) is 15.9. The molecular formula is C4H16N2O3. The number of aliphatic hydroxyl groups excluding tert-OH is 2. The van der Waals surface area contributed by atoms with Gasteiger partial charge in [0.05, 0.1) is 26.4 Å². The Morgan fingerprint density at radius 1 is 0.889 bits per heavy atom. The Kier molecular flexibility index (Phi) is 27.7. The third kappa shape index (κ3) is 18.2. The summed E-state index contributed by atoms with van der Waals surface area (Å²) < 4.78 is 4.63. The van der Waals surface area contributed by atoms with E-state index in [0.29, 0.717) is 13.2 Å². The molecule has 5 nitrogen and oxygen atoms in total. The van der Waals surface area contributed by atoms with E-state index in [1.807, 2.05) is 0 Å².